The zero-order chi connectivity index (χ0) is 8.55. The summed E-state index contributed by atoms with van der Waals surface area (Å²) in [6.07, 6.45) is 4.57. The van der Waals surface area contributed by atoms with Crippen LogP contribution in [0.3, 0.4) is 0 Å². The first-order chi connectivity index (χ1) is 5.81. The van der Waals surface area contributed by atoms with Gasteiger partial charge in [0.15, 0.2) is 0 Å². The van der Waals surface area contributed by atoms with Gasteiger partial charge in [0.1, 0.15) is 0 Å². The molecule has 1 unspecified atom stereocenters. The molecular formula is C11H13NaSi. The van der Waals surface area contributed by atoms with Gasteiger partial charge in [0.25, 0.3) is 0 Å². The van der Waals surface area contributed by atoms with Gasteiger partial charge in [-0.3, -0.25) is 0 Å². The molecule has 0 fully saturated rings. The van der Waals surface area contributed by atoms with Crippen molar-refractivity contribution in [3.05, 3.63) is 41.0 Å². The van der Waals surface area contributed by atoms with E-state index in [1.807, 2.05) is 0 Å². The minimum atomic E-state index is 0. The smallest absolute Gasteiger partial charge is 1.00 e. The molecule has 1 aromatic rings. The Kier molecular flexibility index (Phi) is 3.99. The fourth-order valence-electron chi connectivity index (χ4n) is 1.67. The van der Waals surface area contributed by atoms with E-state index in [1.165, 1.54) is 16.7 Å². The molecule has 1 aliphatic carbocycles. The molecule has 0 bridgehead atoms. The molecule has 0 spiro atoms. The molecule has 1 atom stereocenters. The van der Waals surface area contributed by atoms with Crippen molar-refractivity contribution in [1.29, 1.82) is 0 Å². The van der Waals surface area contributed by atoms with Crippen molar-refractivity contribution in [3.8, 4) is 0 Å². The first kappa shape index (κ1) is 11.3. The number of hydrogen-bond acceptors (Lipinski definition) is 0. The number of rotatable bonds is 1. The van der Waals surface area contributed by atoms with Crippen LogP contribution in [0.4, 0.5) is 0 Å². The molecule has 2 radical (unpaired) electrons. The van der Waals surface area contributed by atoms with Crippen LogP contribution in [0, 0.1) is 6.92 Å². The minimum Gasteiger partial charge on any atom is -1.00 e. The zero-order valence-electron chi connectivity index (χ0n) is 9.46. The number of fused-ring (bicyclic) bond motifs is 1. The summed E-state index contributed by atoms with van der Waals surface area (Å²) in [5, 5.41) is 0. The molecule has 13 heavy (non-hydrogen) atoms. The predicted molar refractivity (Wildman–Crippen MR) is 55.7 cm³/mol. The molecule has 2 rings (SSSR count). The molecule has 2 heteroatoms. The summed E-state index contributed by atoms with van der Waals surface area (Å²) in [5.41, 5.74) is 5.01. The summed E-state index contributed by atoms with van der Waals surface area (Å²) >= 11 is 0. The van der Waals surface area contributed by atoms with Gasteiger partial charge in [0.2, 0.25) is 0 Å². The third-order valence-electron chi connectivity index (χ3n) is 2.36. The summed E-state index contributed by atoms with van der Waals surface area (Å²) in [4.78, 5) is 0. The van der Waals surface area contributed by atoms with Crippen molar-refractivity contribution in [2.24, 2.45) is 0 Å². The Hall–Kier alpha value is 0.177. The molecule has 0 heterocycles. The van der Waals surface area contributed by atoms with E-state index in [0.29, 0.717) is 5.54 Å². The van der Waals surface area contributed by atoms with Crippen LogP contribution in [0.2, 0.25) is 6.55 Å². The number of aryl methyl sites for hydroxylation is 1. The van der Waals surface area contributed by atoms with Gasteiger partial charge in [-0.15, -0.1) is 0 Å². The molecule has 1 aromatic carbocycles. The van der Waals surface area contributed by atoms with Gasteiger partial charge in [0, 0.05) is 9.52 Å². The van der Waals surface area contributed by atoms with Crippen LogP contribution in [0.15, 0.2) is 24.3 Å². The first-order valence-corrected chi connectivity index (χ1v) is 5.85. The van der Waals surface area contributed by atoms with Crippen molar-refractivity contribution in [2.75, 3.05) is 0 Å². The number of hydrogen-bond donors (Lipinski definition) is 0. The van der Waals surface area contributed by atoms with Crippen LogP contribution >= 0.6 is 0 Å². The molecule has 62 valence electrons. The van der Waals surface area contributed by atoms with Gasteiger partial charge in [0.05, 0.1) is 0 Å². The Morgan fingerprint density at radius 1 is 1.38 bits per heavy atom. The zero-order valence-corrected chi connectivity index (χ0v) is 11.5. The molecule has 0 saturated heterocycles. The van der Waals surface area contributed by atoms with E-state index in [-0.39, 0.29) is 31.0 Å². The minimum absolute atomic E-state index is 0. The summed E-state index contributed by atoms with van der Waals surface area (Å²) in [5.74, 6) is 0. The van der Waals surface area contributed by atoms with E-state index in [2.05, 4.69) is 43.8 Å². The molecular weight excluding hydrogens is 183 g/mol. The normalized spacial score (nSPS) is 18.2. The second-order valence-electron chi connectivity index (χ2n) is 3.26. The fraction of sp³-hybridized carbons (Fsp3) is 0.273. The average molecular weight is 196 g/mol. The van der Waals surface area contributed by atoms with Crippen LogP contribution in [0.1, 0.15) is 23.7 Å². The van der Waals surface area contributed by atoms with Crippen LogP contribution in [-0.2, 0) is 0 Å². The van der Waals surface area contributed by atoms with Crippen molar-refractivity contribution in [3.63, 3.8) is 0 Å². The van der Waals surface area contributed by atoms with E-state index in [4.69, 9.17) is 0 Å². The monoisotopic (exact) mass is 196 g/mol. The third-order valence-corrected chi connectivity index (χ3v) is 3.48. The van der Waals surface area contributed by atoms with Crippen molar-refractivity contribution in [1.82, 2.24) is 0 Å². The van der Waals surface area contributed by atoms with Crippen molar-refractivity contribution in [2.45, 2.75) is 19.0 Å². The number of allylic oxidation sites excluding steroid dienone is 1. The summed E-state index contributed by atoms with van der Waals surface area (Å²) in [6.45, 7) is 4.43. The summed E-state index contributed by atoms with van der Waals surface area (Å²) in [7, 11) is 0.988. The van der Waals surface area contributed by atoms with E-state index in [9.17, 15) is 0 Å². The van der Waals surface area contributed by atoms with E-state index in [0.717, 1.165) is 9.52 Å². The van der Waals surface area contributed by atoms with Gasteiger partial charge in [-0.05, 0) is 23.6 Å². The maximum Gasteiger partial charge on any atom is 1.00 e. The topological polar surface area (TPSA) is 0 Å². The Balaban J connectivity index is 0.000000845. The van der Waals surface area contributed by atoms with Crippen molar-refractivity contribution < 1.29 is 31.0 Å². The standard InChI is InChI=1S/C11H12Si.Na.H/c1-8-3-4-9-5-6-11(12-2)10(9)7-8;;/h3-7,11H,1-2H3;;/q;+1;-1. The van der Waals surface area contributed by atoms with Crippen molar-refractivity contribution >= 4 is 15.6 Å². The maximum atomic E-state index is 2.32. The van der Waals surface area contributed by atoms with Gasteiger partial charge in [-0.25, -0.2) is 0 Å². The maximum absolute atomic E-state index is 2.32. The van der Waals surface area contributed by atoms with Gasteiger partial charge in [-0.2, -0.15) is 0 Å². The number of benzene rings is 1. The van der Waals surface area contributed by atoms with Crippen LogP contribution in [0.25, 0.3) is 6.08 Å². The van der Waals surface area contributed by atoms with Gasteiger partial charge < -0.3 is 1.43 Å². The second-order valence-corrected chi connectivity index (χ2v) is 4.46. The third kappa shape index (κ3) is 2.16. The Morgan fingerprint density at radius 2 is 2.15 bits per heavy atom. The second kappa shape index (κ2) is 4.60. The van der Waals surface area contributed by atoms with Crippen LogP contribution in [-0.4, -0.2) is 9.52 Å². The summed E-state index contributed by atoms with van der Waals surface area (Å²) < 4.78 is 0. The van der Waals surface area contributed by atoms with Gasteiger partial charge in [-0.1, -0.05) is 42.5 Å². The molecule has 1 aliphatic rings. The molecule has 0 saturated carbocycles. The SMILES string of the molecule is C[Si]C1C=Cc2ccc(C)cc21.[H-].[Na+]. The molecule has 0 aliphatic heterocycles. The predicted octanol–water partition coefficient (Wildman–Crippen LogP) is -0.0683. The van der Waals surface area contributed by atoms with Crippen LogP contribution < -0.4 is 29.6 Å². The fourth-order valence-corrected chi connectivity index (χ4v) is 2.52. The molecule has 0 N–H and O–H groups in total. The first-order valence-electron chi connectivity index (χ1n) is 4.27. The largest absolute Gasteiger partial charge is 1.00 e. The molecule has 0 aromatic heterocycles. The van der Waals surface area contributed by atoms with E-state index >= 15 is 0 Å². The van der Waals surface area contributed by atoms with Crippen LogP contribution in [0.5, 0.6) is 0 Å². The van der Waals surface area contributed by atoms with E-state index in [1.54, 1.807) is 0 Å². The molecule has 0 amide bonds. The van der Waals surface area contributed by atoms with E-state index < -0.39 is 0 Å². The Morgan fingerprint density at radius 3 is 2.85 bits per heavy atom. The Labute approximate surface area is 106 Å². The average Bonchev–Trinajstić information content (AvgIpc) is 2.46. The Bertz CT molecular complexity index is 336. The van der Waals surface area contributed by atoms with Gasteiger partial charge >= 0.3 is 29.6 Å². The summed E-state index contributed by atoms with van der Waals surface area (Å²) in [6, 6.07) is 6.72. The quantitative estimate of drug-likeness (QED) is 0.552. The molecule has 0 nitrogen and oxygen atoms in total.